The van der Waals surface area contributed by atoms with Gasteiger partial charge in [-0.05, 0) is 31.6 Å². The number of nitrogens with one attached hydrogen (secondary N) is 1. The highest BCUT2D eigenvalue weighted by molar-refractivity contribution is 5.84. The Kier molecular flexibility index (Phi) is 6.32. The lowest BCUT2D eigenvalue weighted by molar-refractivity contribution is -0.152. The van der Waals surface area contributed by atoms with Gasteiger partial charge in [0.15, 0.2) is 0 Å². The summed E-state index contributed by atoms with van der Waals surface area (Å²) in [6.07, 6.45) is 7.27. The van der Waals surface area contributed by atoms with Crippen LogP contribution in [0, 0.1) is 11.3 Å². The summed E-state index contributed by atoms with van der Waals surface area (Å²) in [4.78, 5) is 23.3. The number of amides is 1. The summed E-state index contributed by atoms with van der Waals surface area (Å²) in [7, 11) is 0. The molecule has 1 fully saturated rings. The van der Waals surface area contributed by atoms with Crippen molar-refractivity contribution in [3.05, 3.63) is 0 Å². The Morgan fingerprint density at radius 1 is 1.16 bits per heavy atom. The molecule has 1 aliphatic rings. The topological polar surface area (TPSA) is 66.4 Å². The van der Waals surface area contributed by atoms with Crippen LogP contribution in [0.1, 0.15) is 65.2 Å². The standard InChI is InChI=1S/C15H27NO3/c1-3-15(4-2,14(18)19)10-13(17)16-11-12-8-6-5-7-9-12/h12H,3-11H2,1-2H3,(H,16,17)(H,18,19). The fourth-order valence-electron chi connectivity index (χ4n) is 2.90. The zero-order valence-electron chi connectivity index (χ0n) is 12.2. The van der Waals surface area contributed by atoms with Gasteiger partial charge in [-0.2, -0.15) is 0 Å². The molecule has 0 unspecified atom stereocenters. The van der Waals surface area contributed by atoms with Gasteiger partial charge in [0, 0.05) is 13.0 Å². The van der Waals surface area contributed by atoms with E-state index in [0.29, 0.717) is 25.3 Å². The quantitative estimate of drug-likeness (QED) is 0.746. The van der Waals surface area contributed by atoms with Gasteiger partial charge in [0.1, 0.15) is 0 Å². The maximum Gasteiger partial charge on any atom is 0.310 e. The highest BCUT2D eigenvalue weighted by atomic mass is 16.4. The first kappa shape index (κ1) is 16.0. The van der Waals surface area contributed by atoms with E-state index >= 15 is 0 Å². The molecule has 0 saturated heterocycles. The molecular weight excluding hydrogens is 242 g/mol. The van der Waals surface area contributed by atoms with Crippen LogP contribution >= 0.6 is 0 Å². The Labute approximate surface area is 116 Å². The summed E-state index contributed by atoms with van der Waals surface area (Å²) >= 11 is 0. The molecule has 1 amide bonds. The van der Waals surface area contributed by atoms with E-state index in [9.17, 15) is 14.7 Å². The van der Waals surface area contributed by atoms with E-state index in [0.717, 1.165) is 0 Å². The summed E-state index contributed by atoms with van der Waals surface area (Å²) in [6, 6.07) is 0. The zero-order valence-corrected chi connectivity index (χ0v) is 12.2. The summed E-state index contributed by atoms with van der Waals surface area (Å²) in [5.74, 6) is -0.387. The SMILES string of the molecule is CCC(CC)(CC(=O)NCC1CCCCC1)C(=O)O. The first-order valence-electron chi connectivity index (χ1n) is 7.54. The van der Waals surface area contributed by atoms with Crippen molar-refractivity contribution in [1.29, 1.82) is 0 Å². The van der Waals surface area contributed by atoms with Gasteiger partial charge in [-0.15, -0.1) is 0 Å². The van der Waals surface area contributed by atoms with Crippen molar-refractivity contribution in [1.82, 2.24) is 5.32 Å². The molecule has 1 aliphatic carbocycles. The molecule has 0 aromatic rings. The molecule has 1 saturated carbocycles. The molecule has 0 heterocycles. The third-order valence-corrected chi connectivity index (χ3v) is 4.62. The maximum atomic E-state index is 11.9. The molecular formula is C15H27NO3. The van der Waals surface area contributed by atoms with Crippen molar-refractivity contribution < 1.29 is 14.7 Å². The normalized spacial score (nSPS) is 17.2. The number of carbonyl (C=O) groups is 2. The van der Waals surface area contributed by atoms with E-state index < -0.39 is 11.4 Å². The molecule has 4 heteroatoms. The second-order valence-corrected chi connectivity index (χ2v) is 5.78. The van der Waals surface area contributed by atoms with Crippen LogP contribution in [0.25, 0.3) is 0 Å². The fourth-order valence-corrected chi connectivity index (χ4v) is 2.90. The second-order valence-electron chi connectivity index (χ2n) is 5.78. The molecule has 0 aromatic carbocycles. The lowest BCUT2D eigenvalue weighted by Crippen LogP contribution is -2.38. The van der Waals surface area contributed by atoms with Gasteiger partial charge in [0.2, 0.25) is 5.91 Å². The lowest BCUT2D eigenvalue weighted by atomic mass is 9.79. The third-order valence-electron chi connectivity index (χ3n) is 4.62. The molecule has 0 bridgehead atoms. The van der Waals surface area contributed by atoms with Crippen LogP contribution in [0.15, 0.2) is 0 Å². The molecule has 2 N–H and O–H groups in total. The number of carboxylic acid groups (broad SMARTS) is 1. The van der Waals surface area contributed by atoms with E-state index in [1.165, 1.54) is 32.1 Å². The Balaban J connectivity index is 2.42. The average molecular weight is 269 g/mol. The van der Waals surface area contributed by atoms with Gasteiger partial charge >= 0.3 is 5.97 Å². The number of hydrogen-bond acceptors (Lipinski definition) is 2. The number of carboxylic acids is 1. The van der Waals surface area contributed by atoms with Crippen molar-refractivity contribution in [3.8, 4) is 0 Å². The van der Waals surface area contributed by atoms with Crippen molar-refractivity contribution >= 4 is 11.9 Å². The maximum absolute atomic E-state index is 11.9. The van der Waals surface area contributed by atoms with Crippen LogP contribution in [0.2, 0.25) is 0 Å². The van der Waals surface area contributed by atoms with Gasteiger partial charge < -0.3 is 10.4 Å². The van der Waals surface area contributed by atoms with Gasteiger partial charge in [0.05, 0.1) is 5.41 Å². The predicted molar refractivity (Wildman–Crippen MR) is 74.9 cm³/mol. The Hall–Kier alpha value is -1.06. The van der Waals surface area contributed by atoms with Gasteiger partial charge in [-0.3, -0.25) is 9.59 Å². The second kappa shape index (κ2) is 7.51. The Morgan fingerprint density at radius 2 is 1.74 bits per heavy atom. The third kappa shape index (κ3) is 4.51. The molecule has 0 atom stereocenters. The average Bonchev–Trinajstić information content (AvgIpc) is 2.43. The largest absolute Gasteiger partial charge is 0.481 e. The Bertz CT molecular complexity index is 305. The molecule has 0 aromatic heterocycles. The van der Waals surface area contributed by atoms with E-state index in [1.54, 1.807) is 0 Å². The zero-order chi connectivity index (χ0) is 14.3. The summed E-state index contributed by atoms with van der Waals surface area (Å²) in [6.45, 7) is 4.39. The minimum Gasteiger partial charge on any atom is -0.481 e. The van der Waals surface area contributed by atoms with E-state index in [4.69, 9.17) is 0 Å². The number of rotatable bonds is 7. The summed E-state index contributed by atoms with van der Waals surface area (Å²) in [5.41, 5.74) is -0.892. The van der Waals surface area contributed by atoms with Crippen molar-refractivity contribution in [2.45, 2.75) is 65.2 Å². The van der Waals surface area contributed by atoms with Crippen LogP contribution in [0.3, 0.4) is 0 Å². The van der Waals surface area contributed by atoms with Gasteiger partial charge in [0.25, 0.3) is 0 Å². The molecule has 110 valence electrons. The van der Waals surface area contributed by atoms with Crippen LogP contribution in [-0.4, -0.2) is 23.5 Å². The summed E-state index contributed by atoms with van der Waals surface area (Å²) < 4.78 is 0. The smallest absolute Gasteiger partial charge is 0.310 e. The first-order valence-corrected chi connectivity index (χ1v) is 7.54. The van der Waals surface area contributed by atoms with Crippen LogP contribution in [0.4, 0.5) is 0 Å². The highest BCUT2D eigenvalue weighted by Crippen LogP contribution is 2.31. The molecule has 4 nitrogen and oxygen atoms in total. The van der Waals surface area contributed by atoms with Crippen LogP contribution in [-0.2, 0) is 9.59 Å². The Morgan fingerprint density at radius 3 is 2.21 bits per heavy atom. The van der Waals surface area contributed by atoms with Gasteiger partial charge in [-0.25, -0.2) is 0 Å². The molecule has 0 radical (unpaired) electrons. The monoisotopic (exact) mass is 269 g/mol. The van der Waals surface area contributed by atoms with E-state index in [-0.39, 0.29) is 12.3 Å². The molecule has 1 rings (SSSR count). The minimum atomic E-state index is -0.892. The number of aliphatic carboxylic acids is 1. The molecule has 19 heavy (non-hydrogen) atoms. The number of carbonyl (C=O) groups excluding carboxylic acids is 1. The predicted octanol–water partition coefficient (Wildman–Crippen LogP) is 2.96. The van der Waals surface area contributed by atoms with E-state index in [2.05, 4.69) is 5.32 Å². The van der Waals surface area contributed by atoms with Gasteiger partial charge in [-0.1, -0.05) is 33.1 Å². The van der Waals surface area contributed by atoms with E-state index in [1.807, 2.05) is 13.8 Å². The molecule has 0 aliphatic heterocycles. The van der Waals surface area contributed by atoms with Crippen LogP contribution in [0.5, 0.6) is 0 Å². The number of hydrogen-bond donors (Lipinski definition) is 2. The minimum absolute atomic E-state index is 0.0993. The first-order chi connectivity index (χ1) is 9.04. The summed E-state index contributed by atoms with van der Waals surface area (Å²) in [5, 5.41) is 12.2. The lowest BCUT2D eigenvalue weighted by Gasteiger charge is -2.27. The van der Waals surface area contributed by atoms with Crippen LogP contribution < -0.4 is 5.32 Å². The van der Waals surface area contributed by atoms with Crippen molar-refractivity contribution in [2.24, 2.45) is 11.3 Å². The highest BCUT2D eigenvalue weighted by Gasteiger charge is 2.37. The van der Waals surface area contributed by atoms with Crippen molar-refractivity contribution in [2.75, 3.05) is 6.54 Å². The molecule has 0 spiro atoms. The van der Waals surface area contributed by atoms with Crippen molar-refractivity contribution in [3.63, 3.8) is 0 Å². The fraction of sp³-hybridized carbons (Fsp3) is 0.867.